The van der Waals surface area contributed by atoms with Crippen LogP contribution in [0.3, 0.4) is 0 Å². The van der Waals surface area contributed by atoms with Gasteiger partial charge in [-0.15, -0.1) is 0 Å². The summed E-state index contributed by atoms with van der Waals surface area (Å²) in [6.07, 6.45) is -0.134. The van der Waals surface area contributed by atoms with Gasteiger partial charge in [-0.3, -0.25) is 9.20 Å². The number of amides is 1. The van der Waals surface area contributed by atoms with Crippen molar-refractivity contribution in [3.63, 3.8) is 0 Å². The number of rotatable bonds is 2. The van der Waals surface area contributed by atoms with Crippen molar-refractivity contribution in [1.29, 1.82) is 0 Å². The average molecular weight is 471 g/mol. The van der Waals surface area contributed by atoms with Gasteiger partial charge in [-0.25, -0.2) is 14.4 Å². The number of carbonyl (C=O) groups excluding carboxylic acids is 1. The summed E-state index contributed by atoms with van der Waals surface area (Å²) in [7, 11) is 0. The van der Waals surface area contributed by atoms with Gasteiger partial charge < -0.3 is 10.6 Å². The molecule has 4 aromatic rings. The number of hydrogen-bond donors (Lipinski definition) is 1. The molecule has 0 spiro atoms. The zero-order chi connectivity index (χ0) is 24.2. The summed E-state index contributed by atoms with van der Waals surface area (Å²) < 4.78 is 55.8. The SMILES string of the molecule is CC1CCN(C(=O)c2cc3c(cc2F)nc(N)c2cncn23)C(c2ccc(C(F)(F)F)cc2)C1. The van der Waals surface area contributed by atoms with Crippen molar-refractivity contribution in [1.82, 2.24) is 19.3 Å². The maximum atomic E-state index is 15.1. The Hall–Kier alpha value is -3.69. The Kier molecular flexibility index (Phi) is 5.18. The molecule has 1 aliphatic heterocycles. The lowest BCUT2D eigenvalue weighted by Gasteiger charge is -2.39. The summed E-state index contributed by atoms with van der Waals surface area (Å²) in [6, 6.07) is 6.94. The van der Waals surface area contributed by atoms with E-state index in [2.05, 4.69) is 9.97 Å². The molecule has 1 amide bonds. The van der Waals surface area contributed by atoms with Crippen LogP contribution in [0, 0.1) is 11.7 Å². The molecule has 5 rings (SSSR count). The number of likely N-dealkylation sites (tertiary alicyclic amines) is 1. The van der Waals surface area contributed by atoms with Crippen molar-refractivity contribution in [2.75, 3.05) is 12.3 Å². The number of benzene rings is 2. The fraction of sp³-hybridized carbons (Fsp3) is 0.292. The van der Waals surface area contributed by atoms with Gasteiger partial charge in [0.2, 0.25) is 0 Å². The third kappa shape index (κ3) is 3.72. The van der Waals surface area contributed by atoms with Crippen molar-refractivity contribution < 1.29 is 22.4 Å². The van der Waals surface area contributed by atoms with Crippen LogP contribution in [0.2, 0.25) is 0 Å². The normalized spacial score (nSPS) is 19.1. The van der Waals surface area contributed by atoms with Gasteiger partial charge in [0.1, 0.15) is 17.2 Å². The number of fused-ring (bicyclic) bond motifs is 3. The minimum atomic E-state index is -4.45. The first-order chi connectivity index (χ1) is 16.1. The maximum Gasteiger partial charge on any atom is 0.416 e. The summed E-state index contributed by atoms with van der Waals surface area (Å²) in [5, 5.41) is 0. The van der Waals surface area contributed by atoms with Gasteiger partial charge in [0.25, 0.3) is 5.91 Å². The second-order valence-electron chi connectivity index (χ2n) is 8.73. The van der Waals surface area contributed by atoms with E-state index in [0.717, 1.165) is 18.2 Å². The molecule has 1 saturated heterocycles. The number of nitrogens with two attached hydrogens (primary N) is 1. The second kappa shape index (κ2) is 7.96. The highest BCUT2D eigenvalue weighted by Gasteiger charge is 2.34. The van der Waals surface area contributed by atoms with E-state index in [1.807, 2.05) is 6.92 Å². The Morgan fingerprint density at radius 1 is 1.15 bits per heavy atom. The molecule has 0 bridgehead atoms. The molecule has 0 radical (unpaired) electrons. The number of piperidine rings is 1. The van der Waals surface area contributed by atoms with Gasteiger partial charge in [-0.05, 0) is 42.5 Å². The smallest absolute Gasteiger partial charge is 0.382 e. The van der Waals surface area contributed by atoms with Crippen molar-refractivity contribution in [2.45, 2.75) is 32.0 Å². The number of alkyl halides is 3. The summed E-state index contributed by atoms with van der Waals surface area (Å²) in [6.45, 7) is 2.39. The van der Waals surface area contributed by atoms with E-state index in [-0.39, 0.29) is 22.8 Å². The molecule has 1 fully saturated rings. The number of aromatic nitrogens is 3. The highest BCUT2D eigenvalue weighted by Crippen LogP contribution is 2.37. The number of halogens is 4. The Morgan fingerprint density at radius 3 is 2.59 bits per heavy atom. The highest BCUT2D eigenvalue weighted by atomic mass is 19.4. The molecular formula is C24H21F4N5O. The van der Waals surface area contributed by atoms with E-state index in [4.69, 9.17) is 5.73 Å². The molecule has 2 aromatic heterocycles. The van der Waals surface area contributed by atoms with Crippen LogP contribution in [-0.4, -0.2) is 31.7 Å². The van der Waals surface area contributed by atoms with Crippen molar-refractivity contribution in [3.8, 4) is 0 Å². The first kappa shape index (κ1) is 22.1. The van der Waals surface area contributed by atoms with Gasteiger partial charge in [-0.2, -0.15) is 13.2 Å². The highest BCUT2D eigenvalue weighted by molar-refractivity contribution is 5.98. The largest absolute Gasteiger partial charge is 0.416 e. The Balaban J connectivity index is 1.55. The van der Waals surface area contributed by atoms with Crippen molar-refractivity contribution >= 4 is 28.3 Å². The van der Waals surface area contributed by atoms with E-state index in [9.17, 15) is 18.0 Å². The third-order valence-corrected chi connectivity index (χ3v) is 6.44. The van der Waals surface area contributed by atoms with Crippen LogP contribution in [0.5, 0.6) is 0 Å². The minimum absolute atomic E-state index is 0.138. The van der Waals surface area contributed by atoms with E-state index in [0.29, 0.717) is 36.0 Å². The molecule has 0 aliphatic carbocycles. The van der Waals surface area contributed by atoms with Gasteiger partial charge in [0.05, 0.1) is 40.7 Å². The van der Waals surface area contributed by atoms with Crippen LogP contribution < -0.4 is 5.73 Å². The molecule has 2 unspecified atom stereocenters. The van der Waals surface area contributed by atoms with Crippen LogP contribution in [0.15, 0.2) is 48.9 Å². The summed E-state index contributed by atoms with van der Waals surface area (Å²) in [4.78, 5) is 23.4. The van der Waals surface area contributed by atoms with Gasteiger partial charge in [0, 0.05) is 12.6 Å². The monoisotopic (exact) mass is 471 g/mol. The number of imidazole rings is 1. The molecule has 2 atom stereocenters. The molecule has 176 valence electrons. The molecule has 3 heterocycles. The maximum absolute atomic E-state index is 15.1. The Bertz CT molecular complexity index is 1400. The van der Waals surface area contributed by atoms with E-state index >= 15 is 4.39 Å². The predicted octanol–water partition coefficient (Wildman–Crippen LogP) is 5.24. The fourth-order valence-electron chi connectivity index (χ4n) is 4.61. The summed E-state index contributed by atoms with van der Waals surface area (Å²) in [5.74, 6) is -0.818. The number of nitrogens with zero attached hydrogens (tertiary/aromatic N) is 4. The van der Waals surface area contributed by atoms with E-state index in [1.54, 1.807) is 9.30 Å². The Labute approximate surface area is 192 Å². The van der Waals surface area contributed by atoms with Gasteiger partial charge in [0.15, 0.2) is 0 Å². The predicted molar refractivity (Wildman–Crippen MR) is 118 cm³/mol. The quantitative estimate of drug-likeness (QED) is 0.406. The van der Waals surface area contributed by atoms with Crippen LogP contribution in [0.25, 0.3) is 16.6 Å². The topological polar surface area (TPSA) is 76.5 Å². The van der Waals surface area contributed by atoms with E-state index in [1.165, 1.54) is 30.7 Å². The number of hydrogen-bond acceptors (Lipinski definition) is 4. The van der Waals surface area contributed by atoms with Crippen LogP contribution in [0.1, 0.15) is 47.3 Å². The molecule has 6 nitrogen and oxygen atoms in total. The summed E-state index contributed by atoms with van der Waals surface area (Å²) >= 11 is 0. The molecule has 0 saturated carbocycles. The number of nitrogen functional groups attached to an aromatic ring is 1. The number of carbonyl (C=O) groups is 1. The second-order valence-corrected chi connectivity index (χ2v) is 8.73. The first-order valence-electron chi connectivity index (χ1n) is 10.8. The molecule has 1 aliphatic rings. The van der Waals surface area contributed by atoms with Crippen LogP contribution in [-0.2, 0) is 6.18 Å². The van der Waals surface area contributed by atoms with Gasteiger partial charge in [-0.1, -0.05) is 19.1 Å². The van der Waals surface area contributed by atoms with Crippen LogP contribution in [0.4, 0.5) is 23.4 Å². The molecular weight excluding hydrogens is 450 g/mol. The van der Waals surface area contributed by atoms with E-state index < -0.39 is 29.5 Å². The zero-order valence-corrected chi connectivity index (χ0v) is 18.2. The lowest BCUT2D eigenvalue weighted by Crippen LogP contribution is -2.41. The molecule has 10 heteroatoms. The third-order valence-electron chi connectivity index (χ3n) is 6.44. The van der Waals surface area contributed by atoms with Gasteiger partial charge >= 0.3 is 6.18 Å². The van der Waals surface area contributed by atoms with Crippen molar-refractivity contribution in [2.24, 2.45) is 5.92 Å². The van der Waals surface area contributed by atoms with Crippen LogP contribution >= 0.6 is 0 Å². The lowest BCUT2D eigenvalue weighted by molar-refractivity contribution is -0.137. The molecule has 2 N–H and O–H groups in total. The lowest BCUT2D eigenvalue weighted by atomic mass is 9.87. The summed E-state index contributed by atoms with van der Waals surface area (Å²) in [5.41, 5.74) is 6.91. The average Bonchev–Trinajstić information content (AvgIpc) is 3.29. The standard InChI is InChI=1S/C24H21F4N5O/c1-13-6-7-32(19(8-13)14-2-4-15(5-3-14)24(26,27)28)23(34)16-9-20-18(10-17(16)25)31-22(29)21-11-30-12-33(20)21/h2-5,9-13,19H,6-8H2,1H3,(H2,29,31). The Morgan fingerprint density at radius 2 is 1.88 bits per heavy atom. The van der Waals surface area contributed by atoms with Crippen molar-refractivity contribution in [3.05, 3.63) is 71.4 Å². The molecule has 34 heavy (non-hydrogen) atoms. The first-order valence-corrected chi connectivity index (χ1v) is 10.8. The number of anilines is 1. The fourth-order valence-corrected chi connectivity index (χ4v) is 4.61. The molecule has 2 aromatic carbocycles. The minimum Gasteiger partial charge on any atom is -0.382 e. The zero-order valence-electron chi connectivity index (χ0n) is 18.2.